The zero-order chi connectivity index (χ0) is 21.3. The van der Waals surface area contributed by atoms with Crippen LogP contribution in [0.25, 0.3) is 0 Å². The van der Waals surface area contributed by atoms with Crippen LogP contribution in [0, 0.1) is 0 Å². The lowest BCUT2D eigenvalue weighted by molar-refractivity contribution is 0.103. The number of halogens is 1. The first-order valence-corrected chi connectivity index (χ1v) is 11.7. The Morgan fingerprint density at radius 2 is 1.77 bits per heavy atom. The Morgan fingerprint density at radius 3 is 2.50 bits per heavy atom. The second-order valence-electron chi connectivity index (χ2n) is 7.16. The number of para-hydroxylation sites is 1. The number of anilines is 1. The number of fused-ring (bicyclic) bond motifs is 1. The van der Waals surface area contributed by atoms with Gasteiger partial charge in [-0.3, -0.25) is 9.52 Å². The molecule has 2 heterocycles. The Labute approximate surface area is 180 Å². The molecule has 0 saturated heterocycles. The van der Waals surface area contributed by atoms with E-state index in [2.05, 4.69) is 4.72 Å². The predicted molar refractivity (Wildman–Crippen MR) is 117 cm³/mol. The van der Waals surface area contributed by atoms with Gasteiger partial charge in [0.15, 0.2) is 0 Å². The number of nitrogens with zero attached hydrogens (tertiary/aromatic N) is 1. The lowest BCUT2D eigenvalue weighted by Crippen LogP contribution is -2.20. The number of aliphatic hydroxyl groups is 1. The monoisotopic (exact) mass is 444 g/mol. The van der Waals surface area contributed by atoms with Crippen LogP contribution in [-0.4, -0.2) is 36.2 Å². The third-order valence-corrected chi connectivity index (χ3v) is 6.87. The number of carbonyl (C=O) groups excluding carboxylic acids is 1. The molecule has 0 aliphatic carbocycles. The summed E-state index contributed by atoms with van der Waals surface area (Å²) in [5, 5.41) is 9.00. The van der Waals surface area contributed by atoms with Crippen molar-refractivity contribution in [2.24, 2.45) is 0 Å². The molecule has 156 valence electrons. The molecular formula is C22H21ClN2O4S. The lowest BCUT2D eigenvalue weighted by atomic mass is 9.93. The first-order chi connectivity index (χ1) is 14.4. The van der Waals surface area contributed by atoms with Gasteiger partial charge in [0.1, 0.15) is 5.50 Å². The van der Waals surface area contributed by atoms with E-state index in [1.165, 1.54) is 0 Å². The van der Waals surface area contributed by atoms with Crippen LogP contribution < -0.4 is 4.72 Å². The van der Waals surface area contributed by atoms with E-state index in [4.69, 9.17) is 16.7 Å². The maximum Gasteiger partial charge on any atom is 0.234 e. The van der Waals surface area contributed by atoms with E-state index in [-0.39, 0.29) is 17.5 Å². The molecule has 2 aromatic carbocycles. The number of sulfonamides is 1. The van der Waals surface area contributed by atoms with E-state index in [1.807, 2.05) is 41.0 Å². The minimum Gasteiger partial charge on any atom is -0.395 e. The topological polar surface area (TPSA) is 88.4 Å². The van der Waals surface area contributed by atoms with E-state index in [1.54, 1.807) is 30.3 Å². The first kappa shape index (κ1) is 20.7. The minimum absolute atomic E-state index is 0.106. The molecule has 0 saturated carbocycles. The smallest absolute Gasteiger partial charge is 0.234 e. The van der Waals surface area contributed by atoms with Gasteiger partial charge < -0.3 is 9.67 Å². The van der Waals surface area contributed by atoms with E-state index in [9.17, 15) is 13.2 Å². The van der Waals surface area contributed by atoms with Crippen LogP contribution >= 0.6 is 11.6 Å². The van der Waals surface area contributed by atoms with Crippen molar-refractivity contribution in [3.05, 3.63) is 89.2 Å². The maximum atomic E-state index is 13.0. The van der Waals surface area contributed by atoms with Crippen molar-refractivity contribution in [2.75, 3.05) is 17.1 Å². The van der Waals surface area contributed by atoms with Crippen molar-refractivity contribution >= 4 is 33.1 Å². The Bertz CT molecular complexity index is 1170. The fourth-order valence-corrected chi connectivity index (χ4v) is 5.18. The van der Waals surface area contributed by atoms with Crippen molar-refractivity contribution in [3.63, 3.8) is 0 Å². The molecule has 0 spiro atoms. The summed E-state index contributed by atoms with van der Waals surface area (Å²) in [7, 11) is -3.67. The number of aliphatic hydroxyl groups excluding tert-OH is 1. The number of rotatable bonds is 7. The zero-order valence-electron chi connectivity index (χ0n) is 16.0. The Kier molecular flexibility index (Phi) is 5.69. The fourth-order valence-electron chi connectivity index (χ4n) is 3.92. The van der Waals surface area contributed by atoms with E-state index in [0.29, 0.717) is 23.4 Å². The Balaban J connectivity index is 1.71. The van der Waals surface area contributed by atoms with Gasteiger partial charge in [0.2, 0.25) is 15.8 Å². The predicted octanol–water partition coefficient (Wildman–Crippen LogP) is 3.73. The maximum absolute atomic E-state index is 13.0. The first-order valence-electron chi connectivity index (χ1n) is 9.56. The van der Waals surface area contributed by atoms with Gasteiger partial charge >= 0.3 is 0 Å². The van der Waals surface area contributed by atoms with Crippen molar-refractivity contribution in [3.8, 4) is 0 Å². The van der Waals surface area contributed by atoms with Gasteiger partial charge in [-0.05, 0) is 30.2 Å². The van der Waals surface area contributed by atoms with Crippen molar-refractivity contribution < 1.29 is 18.3 Å². The number of nitrogens with one attached hydrogen (secondary N) is 1. The highest BCUT2D eigenvalue weighted by atomic mass is 35.5. The highest BCUT2D eigenvalue weighted by molar-refractivity contribution is 7.92. The molecule has 2 unspecified atom stereocenters. The molecule has 2 N–H and O–H groups in total. The molecule has 8 heteroatoms. The van der Waals surface area contributed by atoms with Gasteiger partial charge in [-0.15, -0.1) is 0 Å². The molecule has 6 nitrogen and oxygen atoms in total. The molecule has 0 amide bonds. The van der Waals surface area contributed by atoms with Crippen LogP contribution in [0.2, 0.25) is 0 Å². The van der Waals surface area contributed by atoms with Gasteiger partial charge in [-0.1, -0.05) is 60.1 Å². The summed E-state index contributed by atoms with van der Waals surface area (Å²) in [5.41, 5.74) is 2.76. The zero-order valence-corrected chi connectivity index (χ0v) is 17.6. The fraction of sp³-hybridized carbons (Fsp3) is 0.227. The minimum atomic E-state index is -3.67. The van der Waals surface area contributed by atoms with Crippen LogP contribution in [0.5, 0.6) is 0 Å². The highest BCUT2D eigenvalue weighted by Crippen LogP contribution is 2.46. The Hall–Kier alpha value is -2.61. The van der Waals surface area contributed by atoms with Gasteiger partial charge in [0, 0.05) is 17.2 Å². The van der Waals surface area contributed by atoms with Crippen LogP contribution in [0.15, 0.2) is 66.7 Å². The van der Waals surface area contributed by atoms with Crippen LogP contribution in [0.3, 0.4) is 0 Å². The number of hydrogen-bond acceptors (Lipinski definition) is 4. The molecule has 1 aliphatic rings. The number of ketones is 1. The SMILES string of the molecule is O=C(c1ccccc1)c1ccc2n1C(Cl)CC2c1ccccc1NS(=O)(=O)CCO. The van der Waals surface area contributed by atoms with E-state index in [0.717, 1.165) is 11.3 Å². The number of carbonyl (C=O) groups is 1. The van der Waals surface area contributed by atoms with Crippen LogP contribution in [0.1, 0.15) is 45.1 Å². The van der Waals surface area contributed by atoms with E-state index < -0.39 is 22.1 Å². The van der Waals surface area contributed by atoms with Gasteiger partial charge in [0.05, 0.1) is 23.7 Å². The molecule has 0 fully saturated rings. The summed E-state index contributed by atoms with van der Waals surface area (Å²) in [6.45, 7) is -0.460. The molecule has 1 aliphatic heterocycles. The molecular weight excluding hydrogens is 424 g/mol. The summed E-state index contributed by atoms with van der Waals surface area (Å²) in [4.78, 5) is 13.0. The highest BCUT2D eigenvalue weighted by Gasteiger charge is 2.35. The number of hydrogen-bond donors (Lipinski definition) is 2. The van der Waals surface area contributed by atoms with Gasteiger partial charge in [0.25, 0.3) is 0 Å². The van der Waals surface area contributed by atoms with Crippen molar-refractivity contribution in [1.29, 1.82) is 0 Å². The van der Waals surface area contributed by atoms with E-state index >= 15 is 0 Å². The van der Waals surface area contributed by atoms with Gasteiger partial charge in [-0.2, -0.15) is 0 Å². The summed E-state index contributed by atoms with van der Waals surface area (Å²) >= 11 is 6.64. The summed E-state index contributed by atoms with van der Waals surface area (Å²) in [5.74, 6) is -0.654. The molecule has 2 atom stereocenters. The summed E-state index contributed by atoms with van der Waals surface area (Å²) in [6, 6.07) is 19.8. The molecule has 4 rings (SSSR count). The standard InChI is InChI=1S/C22H21ClN2O4S/c23-21-14-17(16-8-4-5-9-18(16)24-30(28,29)13-12-26)19-10-11-20(25(19)21)22(27)15-6-2-1-3-7-15/h1-11,17,21,24,26H,12-14H2. The third-order valence-electron chi connectivity index (χ3n) is 5.25. The lowest BCUT2D eigenvalue weighted by Gasteiger charge is -2.16. The molecule has 0 bridgehead atoms. The summed E-state index contributed by atoms with van der Waals surface area (Å²) < 4.78 is 28.8. The largest absolute Gasteiger partial charge is 0.395 e. The number of alkyl halides is 1. The molecule has 3 aromatic rings. The van der Waals surface area contributed by atoms with Gasteiger partial charge in [-0.25, -0.2) is 8.42 Å². The second-order valence-corrected chi connectivity index (χ2v) is 9.51. The number of aromatic nitrogens is 1. The third kappa shape index (κ3) is 3.88. The van der Waals surface area contributed by atoms with Crippen LogP contribution in [-0.2, 0) is 10.0 Å². The average Bonchev–Trinajstić information content (AvgIpc) is 3.30. The molecule has 1 aromatic heterocycles. The van der Waals surface area contributed by atoms with Crippen LogP contribution in [0.4, 0.5) is 5.69 Å². The quantitative estimate of drug-likeness (QED) is 0.429. The normalized spacial score (nSPS) is 18.2. The van der Waals surface area contributed by atoms with Crippen molar-refractivity contribution in [1.82, 2.24) is 4.57 Å². The Morgan fingerprint density at radius 1 is 1.07 bits per heavy atom. The number of benzene rings is 2. The van der Waals surface area contributed by atoms with Crippen molar-refractivity contribution in [2.45, 2.75) is 17.8 Å². The molecule has 0 radical (unpaired) electrons. The average molecular weight is 445 g/mol. The molecule has 30 heavy (non-hydrogen) atoms. The second kappa shape index (κ2) is 8.26. The summed E-state index contributed by atoms with van der Waals surface area (Å²) in [6.07, 6.45) is 0.533.